The summed E-state index contributed by atoms with van der Waals surface area (Å²) >= 11 is 1.00. The molecule has 2 rings (SSSR count). The van der Waals surface area contributed by atoms with Gasteiger partial charge in [0.2, 0.25) is 11.7 Å². The molecule has 0 saturated carbocycles. The normalized spacial score (nSPS) is 10.8. The maximum atomic E-state index is 13.5. The van der Waals surface area contributed by atoms with Crippen LogP contribution in [0.5, 0.6) is 0 Å². The van der Waals surface area contributed by atoms with Crippen molar-refractivity contribution in [1.29, 1.82) is 0 Å². The summed E-state index contributed by atoms with van der Waals surface area (Å²) < 4.78 is 31.8. The van der Waals surface area contributed by atoms with Crippen LogP contribution >= 0.6 is 11.8 Å². The van der Waals surface area contributed by atoms with Gasteiger partial charge in [0.15, 0.2) is 0 Å². The fourth-order valence-electron chi connectivity index (χ4n) is 1.34. The van der Waals surface area contributed by atoms with Crippen molar-refractivity contribution in [1.82, 2.24) is 10.1 Å². The van der Waals surface area contributed by atoms with E-state index < -0.39 is 11.6 Å². The average Bonchev–Trinajstić information content (AvgIpc) is 2.77. The standard InChI is InChI=1S/C10H9F2N3OS/c1-17-9-6(11)2-5(3-7(9)12)10-14-8(4-13)16-15-10/h2-3H,4,13H2,1H3. The Labute approximate surface area is 100 Å². The van der Waals surface area contributed by atoms with Crippen molar-refractivity contribution >= 4 is 11.8 Å². The van der Waals surface area contributed by atoms with Gasteiger partial charge in [0.25, 0.3) is 0 Å². The summed E-state index contributed by atoms with van der Waals surface area (Å²) in [5.41, 5.74) is 5.52. The van der Waals surface area contributed by atoms with Gasteiger partial charge in [-0.3, -0.25) is 0 Å². The average molecular weight is 257 g/mol. The fourth-order valence-corrected chi connectivity index (χ4v) is 1.85. The molecule has 7 heteroatoms. The van der Waals surface area contributed by atoms with E-state index in [-0.39, 0.29) is 28.7 Å². The SMILES string of the molecule is CSc1c(F)cc(-c2noc(CN)n2)cc1F. The molecule has 2 aromatic rings. The maximum Gasteiger partial charge on any atom is 0.240 e. The van der Waals surface area contributed by atoms with Crippen LogP contribution in [0.25, 0.3) is 11.4 Å². The Balaban J connectivity index is 2.46. The fraction of sp³-hybridized carbons (Fsp3) is 0.200. The minimum absolute atomic E-state index is 0.0312. The molecule has 0 aliphatic carbocycles. The molecule has 17 heavy (non-hydrogen) atoms. The molecule has 0 radical (unpaired) electrons. The molecule has 4 nitrogen and oxygen atoms in total. The van der Waals surface area contributed by atoms with Gasteiger partial charge in [-0.1, -0.05) is 5.16 Å². The zero-order chi connectivity index (χ0) is 12.4. The topological polar surface area (TPSA) is 64.9 Å². The predicted octanol–water partition coefficient (Wildman–Crippen LogP) is 2.20. The van der Waals surface area contributed by atoms with Gasteiger partial charge in [-0.15, -0.1) is 11.8 Å². The molecule has 0 aliphatic rings. The molecule has 1 heterocycles. The largest absolute Gasteiger partial charge is 0.338 e. The second-order valence-corrected chi connectivity index (χ2v) is 4.01. The lowest BCUT2D eigenvalue weighted by Crippen LogP contribution is -1.96. The third-order valence-corrected chi connectivity index (χ3v) is 2.90. The van der Waals surface area contributed by atoms with E-state index in [9.17, 15) is 8.78 Å². The van der Waals surface area contributed by atoms with Crippen molar-refractivity contribution in [3.05, 3.63) is 29.7 Å². The first-order valence-electron chi connectivity index (χ1n) is 4.71. The highest BCUT2D eigenvalue weighted by Gasteiger charge is 2.14. The highest BCUT2D eigenvalue weighted by Crippen LogP contribution is 2.27. The molecule has 1 aromatic heterocycles. The molecule has 2 N–H and O–H groups in total. The number of halogens is 2. The smallest absolute Gasteiger partial charge is 0.240 e. The minimum atomic E-state index is -0.647. The summed E-state index contributed by atoms with van der Waals surface area (Å²) in [7, 11) is 0. The molecule has 0 unspecified atom stereocenters. The number of aromatic nitrogens is 2. The molecule has 0 fully saturated rings. The van der Waals surface area contributed by atoms with E-state index in [4.69, 9.17) is 10.3 Å². The van der Waals surface area contributed by atoms with Crippen molar-refractivity contribution in [2.45, 2.75) is 11.4 Å². The first-order chi connectivity index (χ1) is 8.15. The van der Waals surface area contributed by atoms with E-state index in [0.717, 1.165) is 11.8 Å². The van der Waals surface area contributed by atoms with E-state index in [1.54, 1.807) is 6.26 Å². The number of rotatable bonds is 3. The van der Waals surface area contributed by atoms with Gasteiger partial charge in [0.05, 0.1) is 11.4 Å². The Kier molecular flexibility index (Phi) is 3.39. The van der Waals surface area contributed by atoms with E-state index in [1.165, 1.54) is 12.1 Å². The lowest BCUT2D eigenvalue weighted by Gasteiger charge is -2.02. The third kappa shape index (κ3) is 2.29. The van der Waals surface area contributed by atoms with Gasteiger partial charge < -0.3 is 10.3 Å². The molecule has 90 valence electrons. The van der Waals surface area contributed by atoms with Gasteiger partial charge in [0.1, 0.15) is 11.6 Å². The first kappa shape index (κ1) is 12.0. The van der Waals surface area contributed by atoms with Gasteiger partial charge in [-0.2, -0.15) is 4.98 Å². The zero-order valence-corrected chi connectivity index (χ0v) is 9.72. The van der Waals surface area contributed by atoms with Crippen LogP contribution in [-0.4, -0.2) is 16.4 Å². The van der Waals surface area contributed by atoms with Gasteiger partial charge in [-0.25, -0.2) is 8.78 Å². The van der Waals surface area contributed by atoms with Gasteiger partial charge in [0, 0.05) is 5.56 Å². The first-order valence-corrected chi connectivity index (χ1v) is 5.94. The maximum absolute atomic E-state index is 13.5. The summed E-state index contributed by atoms with van der Waals surface area (Å²) in [6, 6.07) is 2.33. The van der Waals surface area contributed by atoms with E-state index >= 15 is 0 Å². The van der Waals surface area contributed by atoms with Crippen molar-refractivity contribution < 1.29 is 13.3 Å². The highest BCUT2D eigenvalue weighted by atomic mass is 32.2. The van der Waals surface area contributed by atoms with Crippen LogP contribution in [0.2, 0.25) is 0 Å². The summed E-state index contributed by atoms with van der Waals surface area (Å²) in [6.07, 6.45) is 1.60. The van der Waals surface area contributed by atoms with E-state index in [1.807, 2.05) is 0 Å². The summed E-state index contributed by atoms with van der Waals surface area (Å²) in [5.74, 6) is -0.955. The van der Waals surface area contributed by atoms with Crippen molar-refractivity contribution in [2.75, 3.05) is 6.26 Å². The predicted molar refractivity (Wildman–Crippen MR) is 59.3 cm³/mol. The van der Waals surface area contributed by atoms with Gasteiger partial charge >= 0.3 is 0 Å². The Morgan fingerprint density at radius 2 is 2.00 bits per heavy atom. The minimum Gasteiger partial charge on any atom is -0.338 e. The number of thioether (sulfide) groups is 1. The Bertz CT molecular complexity index is 521. The van der Waals surface area contributed by atoms with Crippen LogP contribution in [0.3, 0.4) is 0 Å². The van der Waals surface area contributed by atoms with Crippen molar-refractivity contribution in [3.8, 4) is 11.4 Å². The second kappa shape index (κ2) is 4.80. The summed E-state index contributed by atoms with van der Waals surface area (Å²) in [5, 5.41) is 3.59. The summed E-state index contributed by atoms with van der Waals surface area (Å²) in [4.78, 5) is 3.86. The molecular formula is C10H9F2N3OS. The molecule has 0 bridgehead atoms. The summed E-state index contributed by atoms with van der Waals surface area (Å²) in [6.45, 7) is 0.0842. The number of hydrogen-bond donors (Lipinski definition) is 1. The van der Waals surface area contributed by atoms with E-state index in [2.05, 4.69) is 10.1 Å². The molecule has 0 saturated heterocycles. The Morgan fingerprint density at radius 1 is 1.35 bits per heavy atom. The number of hydrogen-bond acceptors (Lipinski definition) is 5. The van der Waals surface area contributed by atoms with Crippen molar-refractivity contribution in [2.24, 2.45) is 5.73 Å². The van der Waals surface area contributed by atoms with Crippen LogP contribution in [-0.2, 0) is 6.54 Å². The zero-order valence-electron chi connectivity index (χ0n) is 8.91. The molecule has 0 aliphatic heterocycles. The molecular weight excluding hydrogens is 248 g/mol. The third-order valence-electron chi connectivity index (χ3n) is 2.10. The number of nitrogens with zero attached hydrogens (tertiary/aromatic N) is 2. The molecule has 0 atom stereocenters. The number of benzene rings is 1. The van der Waals surface area contributed by atoms with Crippen LogP contribution in [0, 0.1) is 11.6 Å². The monoisotopic (exact) mass is 257 g/mol. The molecule has 1 aromatic carbocycles. The van der Waals surface area contributed by atoms with Crippen molar-refractivity contribution in [3.63, 3.8) is 0 Å². The molecule has 0 amide bonds. The number of nitrogens with two attached hydrogens (primary N) is 1. The van der Waals surface area contributed by atoms with Crippen LogP contribution < -0.4 is 5.73 Å². The highest BCUT2D eigenvalue weighted by molar-refractivity contribution is 7.98. The van der Waals surface area contributed by atoms with Crippen LogP contribution in [0.15, 0.2) is 21.6 Å². The van der Waals surface area contributed by atoms with E-state index in [0.29, 0.717) is 0 Å². The lowest BCUT2D eigenvalue weighted by molar-refractivity contribution is 0.380. The Morgan fingerprint density at radius 3 is 2.47 bits per heavy atom. The van der Waals surface area contributed by atoms with Gasteiger partial charge in [-0.05, 0) is 18.4 Å². The second-order valence-electron chi connectivity index (χ2n) is 3.19. The quantitative estimate of drug-likeness (QED) is 0.854. The Hall–Kier alpha value is -1.47. The van der Waals surface area contributed by atoms with Crippen LogP contribution in [0.4, 0.5) is 8.78 Å². The lowest BCUT2D eigenvalue weighted by atomic mass is 10.2. The molecule has 0 spiro atoms. The van der Waals surface area contributed by atoms with Crippen LogP contribution in [0.1, 0.15) is 5.89 Å².